The number of aryl methyl sites for hydroxylation is 2. The van der Waals surface area contributed by atoms with Gasteiger partial charge in [-0.15, -0.1) is 0 Å². The second-order valence-corrected chi connectivity index (χ2v) is 5.40. The molecule has 19 heavy (non-hydrogen) atoms. The van der Waals surface area contributed by atoms with E-state index in [1.165, 1.54) is 19.3 Å². The fourth-order valence-electron chi connectivity index (χ4n) is 2.50. The van der Waals surface area contributed by atoms with E-state index < -0.39 is 0 Å². The summed E-state index contributed by atoms with van der Waals surface area (Å²) in [6.07, 6.45) is 7.38. The van der Waals surface area contributed by atoms with Crippen LogP contribution in [0.3, 0.4) is 0 Å². The van der Waals surface area contributed by atoms with Crippen molar-refractivity contribution in [3.8, 4) is 11.5 Å². The Kier molecular flexibility index (Phi) is 3.47. The van der Waals surface area contributed by atoms with E-state index in [1.807, 2.05) is 19.1 Å². The van der Waals surface area contributed by atoms with Crippen molar-refractivity contribution >= 4 is 11.6 Å². The van der Waals surface area contributed by atoms with Crippen molar-refractivity contribution in [2.75, 3.05) is 0 Å². The van der Waals surface area contributed by atoms with Gasteiger partial charge in [0.1, 0.15) is 10.8 Å². The van der Waals surface area contributed by atoms with E-state index in [4.69, 9.17) is 11.6 Å². The van der Waals surface area contributed by atoms with Crippen molar-refractivity contribution < 1.29 is 0 Å². The summed E-state index contributed by atoms with van der Waals surface area (Å²) in [7, 11) is 0. The molecule has 0 unspecified atom stereocenters. The molecule has 3 rings (SSSR count). The summed E-state index contributed by atoms with van der Waals surface area (Å²) < 4.78 is 0. The zero-order chi connectivity index (χ0) is 13.2. The van der Waals surface area contributed by atoms with E-state index in [0.29, 0.717) is 11.0 Å². The van der Waals surface area contributed by atoms with E-state index in [0.717, 1.165) is 35.4 Å². The minimum absolute atomic E-state index is 0.602. The van der Waals surface area contributed by atoms with Crippen LogP contribution >= 0.6 is 11.6 Å². The van der Waals surface area contributed by atoms with Gasteiger partial charge >= 0.3 is 0 Å². The predicted molar refractivity (Wildman–Crippen MR) is 76.3 cm³/mol. The highest BCUT2D eigenvalue weighted by Crippen LogP contribution is 2.27. The van der Waals surface area contributed by atoms with Gasteiger partial charge in [-0.1, -0.05) is 18.0 Å². The molecule has 0 saturated carbocycles. The van der Waals surface area contributed by atoms with Gasteiger partial charge in [0.2, 0.25) is 0 Å². The SMILES string of the molecule is Cc1ccnc(-c2nc(Cl)c3c(n2)CCCCC3)c1. The van der Waals surface area contributed by atoms with Gasteiger partial charge in [0.05, 0.1) is 0 Å². The Hall–Kier alpha value is -1.48. The van der Waals surface area contributed by atoms with Gasteiger partial charge < -0.3 is 0 Å². The van der Waals surface area contributed by atoms with E-state index >= 15 is 0 Å². The first-order chi connectivity index (χ1) is 9.24. The van der Waals surface area contributed by atoms with Crippen LogP contribution in [0, 0.1) is 6.92 Å². The Morgan fingerprint density at radius 2 is 1.95 bits per heavy atom. The lowest BCUT2D eigenvalue weighted by Gasteiger charge is -2.09. The molecule has 0 aliphatic heterocycles. The molecule has 0 spiro atoms. The molecular weight excluding hydrogens is 258 g/mol. The van der Waals surface area contributed by atoms with Crippen LogP contribution in [0.15, 0.2) is 18.3 Å². The monoisotopic (exact) mass is 273 g/mol. The van der Waals surface area contributed by atoms with Crippen LogP contribution in [-0.2, 0) is 12.8 Å². The quantitative estimate of drug-likeness (QED) is 0.586. The molecule has 2 aromatic heterocycles. The number of halogens is 1. The summed E-state index contributed by atoms with van der Waals surface area (Å²) in [5.41, 5.74) is 4.19. The summed E-state index contributed by atoms with van der Waals surface area (Å²) in [5, 5.41) is 0.602. The van der Waals surface area contributed by atoms with Crippen LogP contribution < -0.4 is 0 Å². The van der Waals surface area contributed by atoms with Crippen LogP contribution in [-0.4, -0.2) is 15.0 Å². The first-order valence-corrected chi connectivity index (χ1v) is 7.10. The third-order valence-electron chi connectivity index (χ3n) is 3.53. The molecular formula is C15H16ClN3. The number of aromatic nitrogens is 3. The Labute approximate surface area is 118 Å². The summed E-state index contributed by atoms with van der Waals surface area (Å²) in [6.45, 7) is 2.04. The van der Waals surface area contributed by atoms with Gasteiger partial charge in [0.15, 0.2) is 5.82 Å². The highest BCUT2D eigenvalue weighted by Gasteiger charge is 2.16. The molecule has 4 heteroatoms. The number of hydrogen-bond donors (Lipinski definition) is 0. The van der Waals surface area contributed by atoms with Gasteiger partial charge in [-0.25, -0.2) is 9.97 Å². The molecule has 0 aromatic carbocycles. The number of nitrogens with zero attached hydrogens (tertiary/aromatic N) is 3. The lowest BCUT2D eigenvalue weighted by molar-refractivity contribution is 0.709. The van der Waals surface area contributed by atoms with Crippen molar-refractivity contribution in [1.82, 2.24) is 15.0 Å². The standard InChI is InChI=1S/C15H16ClN3/c1-10-7-8-17-13(9-10)15-18-12-6-4-2-3-5-11(12)14(16)19-15/h7-9H,2-6H2,1H3. The Morgan fingerprint density at radius 1 is 1.11 bits per heavy atom. The maximum atomic E-state index is 6.33. The topological polar surface area (TPSA) is 38.7 Å². The first-order valence-electron chi connectivity index (χ1n) is 6.72. The minimum atomic E-state index is 0.602. The Balaban J connectivity index is 2.09. The fourth-order valence-corrected chi connectivity index (χ4v) is 2.78. The van der Waals surface area contributed by atoms with Crippen LogP contribution in [0.1, 0.15) is 36.1 Å². The second-order valence-electron chi connectivity index (χ2n) is 5.04. The van der Waals surface area contributed by atoms with Crippen LogP contribution in [0.4, 0.5) is 0 Å². The van der Waals surface area contributed by atoms with Crippen LogP contribution in [0.5, 0.6) is 0 Å². The molecule has 0 atom stereocenters. The van der Waals surface area contributed by atoms with Crippen LogP contribution in [0.25, 0.3) is 11.5 Å². The zero-order valence-electron chi connectivity index (χ0n) is 11.0. The number of rotatable bonds is 1. The largest absolute Gasteiger partial charge is 0.253 e. The van der Waals surface area contributed by atoms with Crippen molar-refractivity contribution in [3.05, 3.63) is 40.3 Å². The van der Waals surface area contributed by atoms with Gasteiger partial charge in [-0.2, -0.15) is 0 Å². The molecule has 0 amide bonds. The molecule has 1 aliphatic carbocycles. The lowest BCUT2D eigenvalue weighted by Crippen LogP contribution is -2.03. The molecule has 0 N–H and O–H groups in total. The lowest BCUT2D eigenvalue weighted by atomic mass is 10.1. The molecule has 0 fully saturated rings. The predicted octanol–water partition coefficient (Wildman–Crippen LogP) is 3.77. The van der Waals surface area contributed by atoms with Crippen LogP contribution in [0.2, 0.25) is 5.15 Å². The molecule has 0 radical (unpaired) electrons. The van der Waals surface area contributed by atoms with Crippen molar-refractivity contribution in [3.63, 3.8) is 0 Å². The average molecular weight is 274 g/mol. The summed E-state index contributed by atoms with van der Waals surface area (Å²) in [6, 6.07) is 3.96. The third-order valence-corrected chi connectivity index (χ3v) is 3.84. The first kappa shape index (κ1) is 12.5. The smallest absolute Gasteiger partial charge is 0.179 e. The minimum Gasteiger partial charge on any atom is -0.253 e. The van der Waals surface area contributed by atoms with Gasteiger partial charge in [-0.3, -0.25) is 4.98 Å². The van der Waals surface area contributed by atoms with Crippen molar-refractivity contribution in [1.29, 1.82) is 0 Å². The Morgan fingerprint density at radius 3 is 2.79 bits per heavy atom. The van der Waals surface area contributed by atoms with E-state index in [1.54, 1.807) is 6.20 Å². The van der Waals surface area contributed by atoms with E-state index in [9.17, 15) is 0 Å². The molecule has 3 nitrogen and oxygen atoms in total. The fraction of sp³-hybridized carbons (Fsp3) is 0.400. The van der Waals surface area contributed by atoms with Gasteiger partial charge in [0, 0.05) is 17.5 Å². The number of fused-ring (bicyclic) bond motifs is 1. The highest BCUT2D eigenvalue weighted by atomic mass is 35.5. The number of hydrogen-bond acceptors (Lipinski definition) is 3. The van der Waals surface area contributed by atoms with E-state index in [-0.39, 0.29) is 0 Å². The molecule has 0 bridgehead atoms. The summed E-state index contributed by atoms with van der Waals surface area (Å²) >= 11 is 6.33. The van der Waals surface area contributed by atoms with E-state index in [2.05, 4.69) is 15.0 Å². The van der Waals surface area contributed by atoms with Gasteiger partial charge in [0.25, 0.3) is 0 Å². The Bertz CT molecular complexity index is 610. The van der Waals surface area contributed by atoms with Crippen molar-refractivity contribution in [2.45, 2.75) is 39.0 Å². The molecule has 1 aliphatic rings. The zero-order valence-corrected chi connectivity index (χ0v) is 11.7. The maximum Gasteiger partial charge on any atom is 0.179 e. The molecule has 2 aromatic rings. The number of pyridine rings is 1. The average Bonchev–Trinajstić information content (AvgIpc) is 2.64. The highest BCUT2D eigenvalue weighted by molar-refractivity contribution is 6.30. The molecule has 98 valence electrons. The molecule has 0 saturated heterocycles. The maximum absolute atomic E-state index is 6.33. The summed E-state index contributed by atoms with van der Waals surface area (Å²) in [5.74, 6) is 0.648. The van der Waals surface area contributed by atoms with Gasteiger partial charge in [-0.05, 0) is 50.3 Å². The third kappa shape index (κ3) is 2.61. The normalized spacial score (nSPS) is 14.8. The van der Waals surface area contributed by atoms with Crippen molar-refractivity contribution in [2.24, 2.45) is 0 Å². The molecule has 2 heterocycles. The second kappa shape index (κ2) is 5.25. The summed E-state index contributed by atoms with van der Waals surface area (Å²) in [4.78, 5) is 13.5.